The summed E-state index contributed by atoms with van der Waals surface area (Å²) in [6.07, 6.45) is 3.60. The van der Waals surface area contributed by atoms with Gasteiger partial charge in [0.2, 0.25) is 0 Å². The lowest BCUT2D eigenvalue weighted by atomic mass is 10.2. The molecule has 1 aliphatic carbocycles. The molecule has 6 nitrogen and oxygen atoms in total. The van der Waals surface area contributed by atoms with Crippen molar-refractivity contribution in [3.8, 4) is 0 Å². The number of hydrogen-bond donors (Lipinski definition) is 3. The highest BCUT2D eigenvalue weighted by Gasteiger charge is 2.23. The first-order chi connectivity index (χ1) is 14.0. The molecule has 3 aromatic rings. The smallest absolute Gasteiger partial charge is 0.267 e. The molecule has 29 heavy (non-hydrogen) atoms. The number of halogens is 1. The van der Waals surface area contributed by atoms with Crippen LogP contribution < -0.4 is 16.0 Å². The molecule has 148 valence electrons. The third-order valence-corrected chi connectivity index (χ3v) is 5.71. The van der Waals surface area contributed by atoms with Crippen molar-refractivity contribution < 1.29 is 9.59 Å². The summed E-state index contributed by atoms with van der Waals surface area (Å²) in [5, 5.41) is 10.0. The number of anilines is 3. The summed E-state index contributed by atoms with van der Waals surface area (Å²) in [5.41, 5.74) is 2.80. The zero-order valence-electron chi connectivity index (χ0n) is 15.7. The summed E-state index contributed by atoms with van der Waals surface area (Å²) >= 11 is 7.40. The second-order valence-electron chi connectivity index (χ2n) is 6.87. The number of rotatable bonds is 6. The molecule has 2 aromatic carbocycles. The van der Waals surface area contributed by atoms with Gasteiger partial charge in [0.1, 0.15) is 4.88 Å². The number of nitrogens with one attached hydrogen (secondary N) is 3. The van der Waals surface area contributed by atoms with Gasteiger partial charge in [-0.25, -0.2) is 4.98 Å². The van der Waals surface area contributed by atoms with E-state index in [4.69, 9.17) is 11.6 Å². The molecule has 0 unspecified atom stereocenters. The van der Waals surface area contributed by atoms with E-state index in [1.165, 1.54) is 17.5 Å². The third kappa shape index (κ3) is 4.75. The van der Waals surface area contributed by atoms with Crippen LogP contribution in [0.2, 0.25) is 5.02 Å². The van der Waals surface area contributed by atoms with Gasteiger partial charge in [-0.2, -0.15) is 0 Å². The average Bonchev–Trinajstić information content (AvgIpc) is 3.39. The van der Waals surface area contributed by atoms with Gasteiger partial charge in [-0.05, 0) is 49.6 Å². The molecule has 4 rings (SSSR count). The van der Waals surface area contributed by atoms with E-state index in [9.17, 15) is 9.59 Å². The molecular formula is C21H19ClN4O2S. The number of carbonyl (C=O) groups excluding carboxylic acids is 2. The molecule has 0 atom stereocenters. The molecule has 1 heterocycles. The Labute approximate surface area is 177 Å². The second-order valence-corrected chi connectivity index (χ2v) is 8.31. The van der Waals surface area contributed by atoms with Crippen LogP contribution in [-0.2, 0) is 0 Å². The minimum Gasteiger partial charge on any atom is -0.349 e. The van der Waals surface area contributed by atoms with E-state index >= 15 is 0 Å². The Morgan fingerprint density at radius 3 is 2.69 bits per heavy atom. The fourth-order valence-corrected chi connectivity index (χ4v) is 3.76. The molecule has 1 aromatic heterocycles. The highest BCUT2D eigenvalue weighted by molar-refractivity contribution is 7.17. The van der Waals surface area contributed by atoms with Crippen LogP contribution in [0.1, 0.15) is 38.4 Å². The fraction of sp³-hybridized carbons (Fsp3) is 0.190. The van der Waals surface area contributed by atoms with Crippen LogP contribution in [0.15, 0.2) is 48.7 Å². The molecule has 0 aliphatic heterocycles. The summed E-state index contributed by atoms with van der Waals surface area (Å²) < 4.78 is 0. The van der Waals surface area contributed by atoms with Crippen molar-refractivity contribution in [1.82, 2.24) is 10.3 Å². The highest BCUT2D eigenvalue weighted by atomic mass is 35.5. The summed E-state index contributed by atoms with van der Waals surface area (Å²) in [5.74, 6) is -0.352. The topological polar surface area (TPSA) is 83.1 Å². The second kappa shape index (κ2) is 8.23. The maximum atomic E-state index is 12.6. The van der Waals surface area contributed by atoms with Crippen molar-refractivity contribution in [2.24, 2.45) is 0 Å². The SMILES string of the molecule is Cc1cccc(Cl)c1NC(=O)c1cnc(Nc2cccc(C(=O)NC3CC3)c2)s1. The van der Waals surface area contributed by atoms with Crippen LogP contribution in [0.25, 0.3) is 0 Å². The number of hydrogen-bond acceptors (Lipinski definition) is 5. The van der Waals surface area contributed by atoms with Crippen LogP contribution in [0, 0.1) is 6.92 Å². The van der Waals surface area contributed by atoms with E-state index < -0.39 is 0 Å². The molecule has 1 aliphatic rings. The molecule has 0 saturated heterocycles. The average molecular weight is 427 g/mol. The lowest BCUT2D eigenvalue weighted by Gasteiger charge is -2.09. The molecule has 1 fully saturated rings. The highest BCUT2D eigenvalue weighted by Crippen LogP contribution is 2.28. The monoisotopic (exact) mass is 426 g/mol. The Kier molecular flexibility index (Phi) is 5.51. The zero-order chi connectivity index (χ0) is 20.4. The van der Waals surface area contributed by atoms with Crippen LogP contribution in [-0.4, -0.2) is 22.8 Å². The minimum atomic E-state index is -0.274. The summed E-state index contributed by atoms with van der Waals surface area (Å²) in [6, 6.07) is 13.0. The maximum absolute atomic E-state index is 12.6. The Morgan fingerprint density at radius 1 is 1.14 bits per heavy atom. The molecule has 2 amide bonds. The first kappa shape index (κ1) is 19.4. The number of carbonyl (C=O) groups is 2. The molecule has 8 heteroatoms. The van der Waals surface area contributed by atoms with Gasteiger partial charge in [0.25, 0.3) is 11.8 Å². The summed E-state index contributed by atoms with van der Waals surface area (Å²) in [6.45, 7) is 1.88. The van der Waals surface area contributed by atoms with E-state index in [2.05, 4.69) is 20.9 Å². The van der Waals surface area contributed by atoms with Crippen molar-refractivity contribution in [2.45, 2.75) is 25.8 Å². The number of aromatic nitrogens is 1. The van der Waals surface area contributed by atoms with Gasteiger partial charge in [-0.3, -0.25) is 9.59 Å². The number of thiazole rings is 1. The first-order valence-electron chi connectivity index (χ1n) is 9.20. The molecule has 3 N–H and O–H groups in total. The van der Waals surface area contributed by atoms with Gasteiger partial charge in [-0.15, -0.1) is 0 Å². The third-order valence-electron chi connectivity index (χ3n) is 4.48. The quantitative estimate of drug-likeness (QED) is 0.518. The van der Waals surface area contributed by atoms with Gasteiger partial charge in [0.15, 0.2) is 5.13 Å². The van der Waals surface area contributed by atoms with Crippen molar-refractivity contribution in [3.05, 3.63) is 69.7 Å². The predicted octanol–water partition coefficient (Wildman–Crippen LogP) is 4.99. The first-order valence-corrected chi connectivity index (χ1v) is 10.4. The number of amides is 2. The van der Waals surface area contributed by atoms with Crippen LogP contribution >= 0.6 is 22.9 Å². The van der Waals surface area contributed by atoms with Gasteiger partial charge in [0.05, 0.1) is 16.9 Å². The van der Waals surface area contributed by atoms with E-state index in [1.54, 1.807) is 18.2 Å². The van der Waals surface area contributed by atoms with E-state index in [-0.39, 0.29) is 11.8 Å². The van der Waals surface area contributed by atoms with Crippen LogP contribution in [0.3, 0.4) is 0 Å². The van der Waals surface area contributed by atoms with Gasteiger partial charge in [0, 0.05) is 17.3 Å². The fourth-order valence-electron chi connectivity index (χ4n) is 2.76. The Hall–Kier alpha value is -2.90. The number of benzene rings is 2. The van der Waals surface area contributed by atoms with E-state index in [0.29, 0.717) is 32.3 Å². The molecule has 0 radical (unpaired) electrons. The zero-order valence-corrected chi connectivity index (χ0v) is 17.2. The molecular weight excluding hydrogens is 408 g/mol. The van der Waals surface area contributed by atoms with Crippen LogP contribution in [0.4, 0.5) is 16.5 Å². The van der Waals surface area contributed by atoms with E-state index in [1.807, 2.05) is 31.2 Å². The van der Waals surface area contributed by atoms with Crippen LogP contribution in [0.5, 0.6) is 0 Å². The van der Waals surface area contributed by atoms with Crippen molar-refractivity contribution in [3.63, 3.8) is 0 Å². The van der Waals surface area contributed by atoms with Gasteiger partial charge >= 0.3 is 0 Å². The van der Waals surface area contributed by atoms with Gasteiger partial charge in [-0.1, -0.05) is 41.1 Å². The number of aryl methyl sites for hydroxylation is 1. The van der Waals surface area contributed by atoms with Crippen molar-refractivity contribution >= 4 is 51.3 Å². The normalized spacial score (nSPS) is 13.0. The largest absolute Gasteiger partial charge is 0.349 e. The van der Waals surface area contributed by atoms with E-state index in [0.717, 1.165) is 24.1 Å². The molecule has 1 saturated carbocycles. The Balaban J connectivity index is 1.44. The Bertz CT molecular complexity index is 1060. The summed E-state index contributed by atoms with van der Waals surface area (Å²) in [4.78, 5) is 29.5. The Morgan fingerprint density at radius 2 is 1.93 bits per heavy atom. The van der Waals surface area contributed by atoms with Gasteiger partial charge < -0.3 is 16.0 Å². The standard InChI is InChI=1S/C21H19ClN4O2S/c1-12-4-2-7-16(22)18(12)26-20(28)17-11-23-21(29-17)25-15-6-3-5-13(10-15)19(27)24-14-8-9-14/h2-7,10-11,14H,8-9H2,1H3,(H,23,25)(H,24,27)(H,26,28). The minimum absolute atomic E-state index is 0.0783. The van der Waals surface area contributed by atoms with Crippen molar-refractivity contribution in [2.75, 3.05) is 10.6 Å². The maximum Gasteiger partial charge on any atom is 0.267 e. The summed E-state index contributed by atoms with van der Waals surface area (Å²) in [7, 11) is 0. The van der Waals surface area contributed by atoms with Crippen molar-refractivity contribution in [1.29, 1.82) is 0 Å². The lowest BCUT2D eigenvalue weighted by Crippen LogP contribution is -2.25. The lowest BCUT2D eigenvalue weighted by molar-refractivity contribution is 0.0950. The number of nitrogens with zero attached hydrogens (tertiary/aromatic N) is 1. The number of para-hydroxylation sites is 1. The molecule has 0 spiro atoms. The molecule has 0 bridgehead atoms. The predicted molar refractivity (Wildman–Crippen MR) is 116 cm³/mol.